The van der Waals surface area contributed by atoms with E-state index in [-0.39, 0.29) is 25.2 Å². The highest BCUT2D eigenvalue weighted by Crippen LogP contribution is 2.46. The molecule has 0 bridgehead atoms. The molecule has 0 radical (unpaired) electrons. The van der Waals surface area contributed by atoms with E-state index < -0.39 is 23.4 Å². The Balaban J connectivity index is 2.00. The molecule has 1 fully saturated rings. The van der Waals surface area contributed by atoms with Crippen molar-refractivity contribution in [3.8, 4) is 0 Å². The molecule has 2 aromatic rings. The zero-order valence-corrected chi connectivity index (χ0v) is 15.3. The Hall–Kier alpha value is -2.17. The van der Waals surface area contributed by atoms with E-state index in [1.54, 1.807) is 31.2 Å². The summed E-state index contributed by atoms with van der Waals surface area (Å²) in [7, 11) is 0. The van der Waals surface area contributed by atoms with Gasteiger partial charge in [0.25, 0.3) is 0 Å². The molecular weight excluding hydrogens is 352 g/mol. The van der Waals surface area contributed by atoms with Crippen molar-refractivity contribution in [3.05, 3.63) is 70.7 Å². The van der Waals surface area contributed by atoms with Crippen LogP contribution in [0.2, 0.25) is 5.02 Å². The number of ether oxygens (including phenoxy) is 1. The summed E-state index contributed by atoms with van der Waals surface area (Å²) in [5.41, 5.74) is 0.120. The van der Waals surface area contributed by atoms with Gasteiger partial charge in [0.05, 0.1) is 12.2 Å². The average molecular weight is 373 g/mol. The van der Waals surface area contributed by atoms with E-state index in [1.807, 2.05) is 30.3 Å². The highest BCUT2D eigenvalue weighted by atomic mass is 35.5. The molecule has 5 heteroatoms. The third-order valence-electron chi connectivity index (χ3n) is 4.92. The van der Waals surface area contributed by atoms with Crippen LogP contribution in [0.5, 0.6) is 0 Å². The lowest BCUT2D eigenvalue weighted by Gasteiger charge is -2.40. The molecule has 0 spiro atoms. The summed E-state index contributed by atoms with van der Waals surface area (Å²) in [5.74, 6) is -2.17. The van der Waals surface area contributed by atoms with Crippen molar-refractivity contribution >= 4 is 23.4 Å². The second-order valence-electron chi connectivity index (χ2n) is 6.63. The van der Waals surface area contributed by atoms with Crippen LogP contribution in [0.25, 0.3) is 0 Å². The quantitative estimate of drug-likeness (QED) is 0.654. The molecule has 4 nitrogen and oxygen atoms in total. The fraction of sp³-hybridized carbons (Fsp3) is 0.333. The van der Waals surface area contributed by atoms with Crippen molar-refractivity contribution in [2.24, 2.45) is 5.92 Å². The summed E-state index contributed by atoms with van der Waals surface area (Å²) in [6.07, 6.45) is 0.134. The molecule has 0 amide bonds. The summed E-state index contributed by atoms with van der Waals surface area (Å²) in [4.78, 5) is 25.3. The van der Waals surface area contributed by atoms with E-state index in [0.717, 1.165) is 5.56 Å². The Labute approximate surface area is 157 Å². The van der Waals surface area contributed by atoms with Crippen LogP contribution >= 0.6 is 11.6 Å². The summed E-state index contributed by atoms with van der Waals surface area (Å²) in [5, 5.41) is 11.8. The molecule has 1 aliphatic carbocycles. The van der Waals surface area contributed by atoms with Crippen LogP contribution in [0, 0.1) is 5.92 Å². The first-order chi connectivity index (χ1) is 12.4. The fourth-order valence-corrected chi connectivity index (χ4v) is 3.82. The van der Waals surface area contributed by atoms with E-state index in [9.17, 15) is 14.7 Å². The predicted molar refractivity (Wildman–Crippen MR) is 98.9 cm³/mol. The molecule has 1 N–H and O–H groups in total. The summed E-state index contributed by atoms with van der Waals surface area (Å²) < 4.78 is 5.13. The molecule has 0 saturated heterocycles. The van der Waals surface area contributed by atoms with Crippen molar-refractivity contribution in [1.29, 1.82) is 0 Å². The molecule has 1 aliphatic rings. The van der Waals surface area contributed by atoms with Gasteiger partial charge in [-0.1, -0.05) is 54.1 Å². The van der Waals surface area contributed by atoms with E-state index >= 15 is 0 Å². The molecule has 0 aliphatic heterocycles. The van der Waals surface area contributed by atoms with Gasteiger partial charge in [-0.2, -0.15) is 0 Å². The molecule has 1 saturated carbocycles. The van der Waals surface area contributed by atoms with Crippen LogP contribution in [-0.4, -0.2) is 23.5 Å². The van der Waals surface area contributed by atoms with Gasteiger partial charge >= 0.3 is 5.97 Å². The minimum absolute atomic E-state index is 0.124. The van der Waals surface area contributed by atoms with E-state index in [2.05, 4.69) is 0 Å². The van der Waals surface area contributed by atoms with Crippen LogP contribution in [0.3, 0.4) is 0 Å². The number of ketones is 1. The topological polar surface area (TPSA) is 63.6 Å². The molecule has 0 heterocycles. The van der Waals surface area contributed by atoms with Gasteiger partial charge < -0.3 is 9.84 Å². The summed E-state index contributed by atoms with van der Waals surface area (Å²) >= 11 is 5.94. The van der Waals surface area contributed by atoms with Gasteiger partial charge in [-0.25, -0.2) is 0 Å². The maximum atomic E-state index is 12.9. The van der Waals surface area contributed by atoms with Crippen molar-refractivity contribution in [2.75, 3.05) is 6.61 Å². The first-order valence-electron chi connectivity index (χ1n) is 8.67. The van der Waals surface area contributed by atoms with Crippen LogP contribution in [0.15, 0.2) is 54.6 Å². The zero-order valence-electron chi connectivity index (χ0n) is 14.5. The molecule has 2 aromatic carbocycles. The van der Waals surface area contributed by atoms with Gasteiger partial charge in [0.15, 0.2) is 5.78 Å². The number of carbonyl (C=O) groups excluding carboxylic acids is 2. The third kappa shape index (κ3) is 3.67. The van der Waals surface area contributed by atoms with Crippen LogP contribution < -0.4 is 0 Å². The van der Waals surface area contributed by atoms with Gasteiger partial charge in [-0.3, -0.25) is 9.59 Å². The van der Waals surface area contributed by atoms with Crippen LogP contribution in [0.1, 0.15) is 36.8 Å². The lowest BCUT2D eigenvalue weighted by atomic mass is 9.66. The number of Topliss-reactive ketones (excluding diaryl/α,β-unsaturated/α-hetero) is 1. The highest BCUT2D eigenvalue weighted by Gasteiger charge is 2.49. The Bertz CT molecular complexity index is 787. The lowest BCUT2D eigenvalue weighted by Crippen LogP contribution is -2.45. The largest absolute Gasteiger partial charge is 0.465 e. The van der Waals surface area contributed by atoms with Crippen molar-refractivity contribution in [2.45, 2.75) is 31.3 Å². The molecule has 0 unspecified atom stereocenters. The van der Waals surface area contributed by atoms with Crippen LogP contribution in [0.4, 0.5) is 0 Å². The smallest absolute Gasteiger partial charge is 0.317 e. The number of rotatable bonds is 4. The maximum Gasteiger partial charge on any atom is 0.317 e. The second kappa shape index (κ2) is 7.60. The first kappa shape index (κ1) is 18.6. The standard InChI is InChI=1S/C21H21ClO4/c1-2-26-20(24)19-17(14-6-4-3-5-7-14)12-21(25,13-18(19)23)15-8-10-16(22)11-9-15/h3-11,17,19,25H,2,12-13H2,1H3/t17-,19-,21+/m1/s1. The van der Waals surface area contributed by atoms with Crippen LogP contribution in [-0.2, 0) is 19.9 Å². The number of hydrogen-bond donors (Lipinski definition) is 1. The first-order valence-corrected chi connectivity index (χ1v) is 9.05. The summed E-state index contributed by atoms with van der Waals surface area (Å²) in [6.45, 7) is 1.93. The lowest BCUT2D eigenvalue weighted by molar-refractivity contribution is -0.158. The molecule has 3 rings (SSSR count). The number of esters is 1. The Morgan fingerprint density at radius 2 is 1.85 bits per heavy atom. The Kier molecular flexibility index (Phi) is 5.44. The third-order valence-corrected chi connectivity index (χ3v) is 5.18. The number of benzene rings is 2. The van der Waals surface area contributed by atoms with E-state index in [1.165, 1.54) is 0 Å². The molecule has 26 heavy (non-hydrogen) atoms. The number of halogens is 1. The molecule has 3 atom stereocenters. The highest BCUT2D eigenvalue weighted by molar-refractivity contribution is 6.30. The fourth-order valence-electron chi connectivity index (χ4n) is 3.69. The van der Waals surface area contributed by atoms with E-state index in [0.29, 0.717) is 10.6 Å². The summed E-state index contributed by atoms with van der Waals surface area (Å²) in [6, 6.07) is 16.2. The second-order valence-corrected chi connectivity index (χ2v) is 7.07. The molecule has 136 valence electrons. The predicted octanol–water partition coefficient (Wildman–Crippen LogP) is 3.85. The minimum atomic E-state index is -1.34. The van der Waals surface area contributed by atoms with E-state index in [4.69, 9.17) is 16.3 Å². The number of aliphatic hydroxyl groups is 1. The maximum absolute atomic E-state index is 12.9. The minimum Gasteiger partial charge on any atom is -0.465 e. The van der Waals surface area contributed by atoms with Crippen molar-refractivity contribution < 1.29 is 19.4 Å². The Morgan fingerprint density at radius 1 is 1.19 bits per heavy atom. The van der Waals surface area contributed by atoms with Gasteiger partial charge in [0.2, 0.25) is 0 Å². The molecular formula is C21H21ClO4. The number of carbonyl (C=O) groups is 2. The SMILES string of the molecule is CCOC(=O)[C@H]1C(=O)C[C@](O)(c2ccc(Cl)cc2)C[C@@H]1c1ccccc1. The van der Waals surface area contributed by atoms with Gasteiger partial charge in [0, 0.05) is 17.4 Å². The normalized spacial score (nSPS) is 25.7. The number of hydrogen-bond acceptors (Lipinski definition) is 4. The van der Waals surface area contributed by atoms with Gasteiger partial charge in [0.1, 0.15) is 5.92 Å². The average Bonchev–Trinajstić information content (AvgIpc) is 2.62. The zero-order chi connectivity index (χ0) is 18.7. The van der Waals surface area contributed by atoms with Gasteiger partial charge in [-0.05, 0) is 36.6 Å². The van der Waals surface area contributed by atoms with Crippen molar-refractivity contribution in [3.63, 3.8) is 0 Å². The van der Waals surface area contributed by atoms with Gasteiger partial charge in [-0.15, -0.1) is 0 Å². The Morgan fingerprint density at radius 3 is 2.46 bits per heavy atom. The van der Waals surface area contributed by atoms with Crippen molar-refractivity contribution in [1.82, 2.24) is 0 Å². The molecule has 0 aromatic heterocycles. The monoisotopic (exact) mass is 372 g/mol.